The summed E-state index contributed by atoms with van der Waals surface area (Å²) in [7, 11) is 0. The van der Waals surface area contributed by atoms with Crippen molar-refractivity contribution in [2.24, 2.45) is 17.8 Å². The topological polar surface area (TPSA) is 20.2 Å². The standard InChI is InChI=1S/C14H26O/c1-10(2)8-14(15)9-12(5)6-7-13(14)11(3)4/h8,11-13,15H,6-7,9H2,1-5H3. The quantitative estimate of drug-likeness (QED) is 0.688. The highest BCUT2D eigenvalue weighted by Gasteiger charge is 2.40. The molecule has 1 aliphatic rings. The molecule has 88 valence electrons. The molecule has 0 heterocycles. The van der Waals surface area contributed by atoms with Crippen molar-refractivity contribution in [3.8, 4) is 0 Å². The van der Waals surface area contributed by atoms with E-state index in [1.165, 1.54) is 18.4 Å². The van der Waals surface area contributed by atoms with E-state index in [4.69, 9.17) is 0 Å². The Morgan fingerprint density at radius 2 is 1.93 bits per heavy atom. The third kappa shape index (κ3) is 3.07. The monoisotopic (exact) mass is 210 g/mol. The molecule has 1 fully saturated rings. The minimum Gasteiger partial charge on any atom is -0.385 e. The molecule has 0 aromatic rings. The molecule has 0 spiro atoms. The molecule has 1 rings (SSSR count). The van der Waals surface area contributed by atoms with Crippen LogP contribution in [0.5, 0.6) is 0 Å². The summed E-state index contributed by atoms with van der Waals surface area (Å²) in [6.45, 7) is 10.9. The number of rotatable bonds is 2. The van der Waals surface area contributed by atoms with Gasteiger partial charge in [-0.3, -0.25) is 0 Å². The summed E-state index contributed by atoms with van der Waals surface area (Å²) in [6, 6.07) is 0. The first-order valence-corrected chi connectivity index (χ1v) is 6.23. The fraction of sp³-hybridized carbons (Fsp3) is 0.857. The maximum Gasteiger partial charge on any atom is 0.0863 e. The van der Waals surface area contributed by atoms with Crippen molar-refractivity contribution in [3.63, 3.8) is 0 Å². The molecule has 1 nitrogen and oxygen atoms in total. The highest BCUT2D eigenvalue weighted by molar-refractivity contribution is 5.12. The molecular formula is C14H26O. The van der Waals surface area contributed by atoms with Gasteiger partial charge in [-0.05, 0) is 44.4 Å². The zero-order valence-electron chi connectivity index (χ0n) is 10.9. The largest absolute Gasteiger partial charge is 0.385 e. The first-order chi connectivity index (χ1) is 6.85. The summed E-state index contributed by atoms with van der Waals surface area (Å²) in [5, 5.41) is 10.8. The van der Waals surface area contributed by atoms with Gasteiger partial charge in [-0.1, -0.05) is 38.8 Å². The molecule has 0 aromatic carbocycles. The van der Waals surface area contributed by atoms with Gasteiger partial charge in [-0.25, -0.2) is 0 Å². The average Bonchev–Trinajstić information content (AvgIpc) is 1.99. The lowest BCUT2D eigenvalue weighted by atomic mass is 9.66. The van der Waals surface area contributed by atoms with Gasteiger partial charge >= 0.3 is 0 Å². The van der Waals surface area contributed by atoms with Crippen molar-refractivity contribution in [3.05, 3.63) is 11.6 Å². The van der Waals surface area contributed by atoms with Gasteiger partial charge in [0, 0.05) is 0 Å². The smallest absolute Gasteiger partial charge is 0.0863 e. The number of aliphatic hydroxyl groups is 1. The normalized spacial score (nSPS) is 36.7. The van der Waals surface area contributed by atoms with E-state index in [0.717, 1.165) is 6.42 Å². The first-order valence-electron chi connectivity index (χ1n) is 6.23. The molecule has 3 unspecified atom stereocenters. The maximum atomic E-state index is 10.8. The molecular weight excluding hydrogens is 184 g/mol. The van der Waals surface area contributed by atoms with Crippen LogP contribution in [0, 0.1) is 17.8 Å². The summed E-state index contributed by atoms with van der Waals surface area (Å²) in [5.41, 5.74) is 0.683. The van der Waals surface area contributed by atoms with Crippen LogP contribution in [0.1, 0.15) is 53.9 Å². The molecule has 1 aliphatic carbocycles. The molecule has 0 aliphatic heterocycles. The van der Waals surface area contributed by atoms with E-state index in [2.05, 4.69) is 40.7 Å². The van der Waals surface area contributed by atoms with Crippen molar-refractivity contribution in [2.75, 3.05) is 0 Å². The molecule has 3 atom stereocenters. The zero-order chi connectivity index (χ0) is 11.6. The van der Waals surface area contributed by atoms with Crippen LogP contribution in [-0.2, 0) is 0 Å². The Morgan fingerprint density at radius 1 is 1.33 bits per heavy atom. The third-order valence-corrected chi connectivity index (χ3v) is 3.63. The summed E-state index contributed by atoms with van der Waals surface area (Å²) < 4.78 is 0. The lowest BCUT2D eigenvalue weighted by molar-refractivity contribution is -0.0412. The van der Waals surface area contributed by atoms with Gasteiger partial charge in [-0.15, -0.1) is 0 Å². The van der Waals surface area contributed by atoms with Crippen molar-refractivity contribution in [1.29, 1.82) is 0 Å². The summed E-state index contributed by atoms with van der Waals surface area (Å²) in [4.78, 5) is 0. The molecule has 0 saturated heterocycles. The molecule has 1 saturated carbocycles. The van der Waals surface area contributed by atoms with Crippen molar-refractivity contribution >= 4 is 0 Å². The number of hydrogen-bond donors (Lipinski definition) is 1. The van der Waals surface area contributed by atoms with E-state index in [1.54, 1.807) is 0 Å². The molecule has 0 amide bonds. The minimum absolute atomic E-state index is 0.434. The van der Waals surface area contributed by atoms with Gasteiger partial charge < -0.3 is 5.11 Å². The number of allylic oxidation sites excluding steroid dienone is 1. The Bertz CT molecular complexity index is 238. The van der Waals surface area contributed by atoms with Gasteiger partial charge in [0.1, 0.15) is 0 Å². The Balaban J connectivity index is 2.91. The van der Waals surface area contributed by atoms with E-state index in [9.17, 15) is 5.11 Å². The molecule has 0 bridgehead atoms. The maximum absolute atomic E-state index is 10.8. The molecule has 0 radical (unpaired) electrons. The van der Waals surface area contributed by atoms with Crippen molar-refractivity contribution in [2.45, 2.75) is 59.5 Å². The SMILES string of the molecule is CC(C)=CC1(O)CC(C)CCC1C(C)C. The second kappa shape index (κ2) is 4.69. The highest BCUT2D eigenvalue weighted by atomic mass is 16.3. The predicted molar refractivity (Wildman–Crippen MR) is 65.7 cm³/mol. The fourth-order valence-corrected chi connectivity index (χ4v) is 3.10. The predicted octanol–water partition coefficient (Wildman–Crippen LogP) is 3.78. The first kappa shape index (κ1) is 12.8. The molecule has 1 heteroatoms. The van der Waals surface area contributed by atoms with E-state index >= 15 is 0 Å². The van der Waals surface area contributed by atoms with Gasteiger partial charge in [0.15, 0.2) is 0 Å². The van der Waals surface area contributed by atoms with Gasteiger partial charge in [0.2, 0.25) is 0 Å². The van der Waals surface area contributed by atoms with Crippen molar-refractivity contribution < 1.29 is 5.11 Å². The average molecular weight is 210 g/mol. The van der Waals surface area contributed by atoms with Crippen LogP contribution < -0.4 is 0 Å². The Labute approximate surface area is 94.6 Å². The van der Waals surface area contributed by atoms with Crippen LogP contribution in [0.25, 0.3) is 0 Å². The van der Waals surface area contributed by atoms with Crippen LogP contribution in [0.4, 0.5) is 0 Å². The van der Waals surface area contributed by atoms with Gasteiger partial charge in [0.25, 0.3) is 0 Å². The highest BCUT2D eigenvalue weighted by Crippen LogP contribution is 2.42. The van der Waals surface area contributed by atoms with E-state index in [-0.39, 0.29) is 0 Å². The lowest BCUT2D eigenvalue weighted by Gasteiger charge is -2.43. The molecule has 1 N–H and O–H groups in total. The van der Waals surface area contributed by atoms with Crippen LogP contribution in [-0.4, -0.2) is 10.7 Å². The van der Waals surface area contributed by atoms with Crippen LogP contribution >= 0.6 is 0 Å². The Kier molecular flexibility index (Phi) is 3.99. The molecule has 0 aromatic heterocycles. The summed E-state index contributed by atoms with van der Waals surface area (Å²) in [6.07, 6.45) is 5.45. The molecule has 15 heavy (non-hydrogen) atoms. The summed E-state index contributed by atoms with van der Waals surface area (Å²) in [5.74, 6) is 1.65. The lowest BCUT2D eigenvalue weighted by Crippen LogP contribution is -2.44. The van der Waals surface area contributed by atoms with E-state index < -0.39 is 5.60 Å². The second-order valence-corrected chi connectivity index (χ2v) is 5.95. The van der Waals surface area contributed by atoms with Gasteiger partial charge in [0.05, 0.1) is 5.60 Å². The van der Waals surface area contributed by atoms with E-state index in [0.29, 0.717) is 17.8 Å². The third-order valence-electron chi connectivity index (χ3n) is 3.63. The van der Waals surface area contributed by atoms with Crippen LogP contribution in [0.15, 0.2) is 11.6 Å². The van der Waals surface area contributed by atoms with Crippen LogP contribution in [0.3, 0.4) is 0 Å². The summed E-state index contributed by atoms with van der Waals surface area (Å²) >= 11 is 0. The Hall–Kier alpha value is -0.300. The van der Waals surface area contributed by atoms with Crippen LogP contribution in [0.2, 0.25) is 0 Å². The van der Waals surface area contributed by atoms with Crippen molar-refractivity contribution in [1.82, 2.24) is 0 Å². The number of hydrogen-bond acceptors (Lipinski definition) is 1. The fourth-order valence-electron chi connectivity index (χ4n) is 3.10. The van der Waals surface area contributed by atoms with Gasteiger partial charge in [-0.2, -0.15) is 0 Å². The second-order valence-electron chi connectivity index (χ2n) is 5.95. The zero-order valence-corrected chi connectivity index (χ0v) is 10.9. The van der Waals surface area contributed by atoms with E-state index in [1.807, 2.05) is 0 Å². The Morgan fingerprint density at radius 3 is 2.40 bits per heavy atom. The minimum atomic E-state index is -0.551.